The molecule has 3 aromatic rings. The summed E-state index contributed by atoms with van der Waals surface area (Å²) < 4.78 is 6.01. The van der Waals surface area contributed by atoms with Crippen LogP contribution in [0.25, 0.3) is 0 Å². The van der Waals surface area contributed by atoms with Crippen LogP contribution in [0.15, 0.2) is 72.8 Å². The largest absolute Gasteiger partial charge is 0.457 e. The summed E-state index contributed by atoms with van der Waals surface area (Å²) in [5.74, 6) is 1.44. The topological polar surface area (TPSA) is 38.3 Å². The number of carbonyl (C=O) groups is 1. The number of benzene rings is 3. The molecular formula is C24H23NO2. The second-order valence-corrected chi connectivity index (χ2v) is 7.00. The molecule has 4 rings (SSSR count). The predicted molar refractivity (Wildman–Crippen MR) is 109 cm³/mol. The standard InChI is InChI=1S/C24H23NO2/c1-3-16(2)17-10-4-7-13-20(17)25-24(26)23-18-11-5-8-14-21(18)27-22-15-9-6-12-19(22)23/h4-16,23H,3H2,1-2H3,(H,25,26)/t16-/m1/s1. The molecule has 0 saturated heterocycles. The van der Waals surface area contributed by atoms with E-state index in [0.29, 0.717) is 5.92 Å². The molecule has 0 saturated carbocycles. The number of amides is 1. The number of anilines is 1. The number of ether oxygens (including phenoxy) is 1. The molecule has 1 N–H and O–H groups in total. The smallest absolute Gasteiger partial charge is 0.236 e. The Morgan fingerprint density at radius 2 is 1.48 bits per heavy atom. The summed E-state index contributed by atoms with van der Waals surface area (Å²) in [6.45, 7) is 4.35. The van der Waals surface area contributed by atoms with Gasteiger partial charge in [-0.3, -0.25) is 4.79 Å². The molecule has 1 heterocycles. The average Bonchev–Trinajstić information content (AvgIpc) is 2.71. The predicted octanol–water partition coefficient (Wildman–Crippen LogP) is 6.08. The van der Waals surface area contributed by atoms with Gasteiger partial charge in [0.1, 0.15) is 11.5 Å². The molecule has 1 aliphatic heterocycles. The van der Waals surface area contributed by atoms with Crippen molar-refractivity contribution in [1.29, 1.82) is 0 Å². The van der Waals surface area contributed by atoms with Gasteiger partial charge in [0.15, 0.2) is 0 Å². The number of nitrogens with one attached hydrogen (secondary N) is 1. The van der Waals surface area contributed by atoms with Crippen molar-refractivity contribution >= 4 is 11.6 Å². The van der Waals surface area contributed by atoms with E-state index in [4.69, 9.17) is 4.74 Å². The first-order valence-corrected chi connectivity index (χ1v) is 9.44. The van der Waals surface area contributed by atoms with Crippen molar-refractivity contribution in [2.45, 2.75) is 32.1 Å². The van der Waals surface area contributed by atoms with Crippen LogP contribution in [-0.4, -0.2) is 5.91 Å². The lowest BCUT2D eigenvalue weighted by atomic mass is 9.87. The lowest BCUT2D eigenvalue weighted by Crippen LogP contribution is -2.25. The van der Waals surface area contributed by atoms with E-state index in [9.17, 15) is 4.79 Å². The highest BCUT2D eigenvalue weighted by Crippen LogP contribution is 2.44. The van der Waals surface area contributed by atoms with Crippen LogP contribution < -0.4 is 10.1 Å². The van der Waals surface area contributed by atoms with Gasteiger partial charge in [-0.05, 0) is 36.1 Å². The lowest BCUT2D eigenvalue weighted by Gasteiger charge is -2.28. The van der Waals surface area contributed by atoms with Crippen LogP contribution in [0.1, 0.15) is 48.8 Å². The third-order valence-electron chi connectivity index (χ3n) is 5.30. The molecule has 1 amide bonds. The van der Waals surface area contributed by atoms with Crippen LogP contribution in [0.2, 0.25) is 0 Å². The van der Waals surface area contributed by atoms with Crippen molar-refractivity contribution < 1.29 is 9.53 Å². The number of fused-ring (bicyclic) bond motifs is 2. The highest BCUT2D eigenvalue weighted by Gasteiger charge is 2.32. The Hall–Kier alpha value is -3.07. The van der Waals surface area contributed by atoms with E-state index in [-0.39, 0.29) is 5.91 Å². The summed E-state index contributed by atoms with van der Waals surface area (Å²) >= 11 is 0. The van der Waals surface area contributed by atoms with Crippen LogP contribution >= 0.6 is 0 Å². The third-order valence-corrected chi connectivity index (χ3v) is 5.30. The van der Waals surface area contributed by atoms with Crippen molar-refractivity contribution in [1.82, 2.24) is 0 Å². The maximum absolute atomic E-state index is 13.4. The second-order valence-electron chi connectivity index (χ2n) is 7.00. The third kappa shape index (κ3) is 3.21. The number of hydrogen-bond donors (Lipinski definition) is 1. The minimum absolute atomic E-state index is 0.0334. The zero-order valence-corrected chi connectivity index (χ0v) is 15.6. The first-order chi connectivity index (χ1) is 13.2. The maximum Gasteiger partial charge on any atom is 0.236 e. The Kier molecular flexibility index (Phi) is 4.68. The Balaban J connectivity index is 1.73. The van der Waals surface area contributed by atoms with E-state index in [0.717, 1.165) is 34.7 Å². The van der Waals surface area contributed by atoms with Crippen LogP contribution in [-0.2, 0) is 4.79 Å². The molecule has 136 valence electrons. The Bertz CT molecular complexity index is 934. The van der Waals surface area contributed by atoms with Gasteiger partial charge in [0.25, 0.3) is 0 Å². The molecule has 0 bridgehead atoms. The fraction of sp³-hybridized carbons (Fsp3) is 0.208. The van der Waals surface area contributed by atoms with Crippen LogP contribution in [0.3, 0.4) is 0 Å². The molecule has 3 heteroatoms. The monoisotopic (exact) mass is 357 g/mol. The van der Waals surface area contributed by atoms with Gasteiger partial charge in [0.05, 0.1) is 5.92 Å². The molecule has 1 atom stereocenters. The summed E-state index contributed by atoms with van der Waals surface area (Å²) in [5.41, 5.74) is 3.85. The number of rotatable bonds is 4. The van der Waals surface area contributed by atoms with Crippen LogP contribution in [0.5, 0.6) is 11.5 Å². The molecule has 0 fully saturated rings. The van der Waals surface area contributed by atoms with Crippen molar-refractivity contribution in [3.8, 4) is 11.5 Å². The average molecular weight is 357 g/mol. The van der Waals surface area contributed by atoms with E-state index >= 15 is 0 Å². The summed E-state index contributed by atoms with van der Waals surface area (Å²) in [6.07, 6.45) is 1.02. The maximum atomic E-state index is 13.4. The van der Waals surface area contributed by atoms with Crippen LogP contribution in [0.4, 0.5) is 5.69 Å². The summed E-state index contributed by atoms with van der Waals surface area (Å²) in [7, 11) is 0. The molecular weight excluding hydrogens is 334 g/mol. The SMILES string of the molecule is CC[C@@H](C)c1ccccc1NC(=O)C1c2ccccc2Oc2ccccc21. The molecule has 27 heavy (non-hydrogen) atoms. The fourth-order valence-corrected chi connectivity index (χ4v) is 3.66. The zero-order valence-electron chi connectivity index (χ0n) is 15.6. The molecule has 3 nitrogen and oxygen atoms in total. The molecule has 0 aliphatic carbocycles. The molecule has 0 spiro atoms. The Morgan fingerprint density at radius 3 is 2.11 bits per heavy atom. The zero-order chi connectivity index (χ0) is 18.8. The Labute approximate surface area is 160 Å². The van der Waals surface area contributed by atoms with Crippen molar-refractivity contribution in [2.24, 2.45) is 0 Å². The summed E-state index contributed by atoms with van der Waals surface area (Å²) in [5, 5.41) is 3.18. The van der Waals surface area contributed by atoms with E-state index in [2.05, 4.69) is 25.2 Å². The summed E-state index contributed by atoms with van der Waals surface area (Å²) in [6, 6.07) is 23.6. The molecule has 0 radical (unpaired) electrons. The van der Waals surface area contributed by atoms with E-state index in [1.54, 1.807) is 0 Å². The van der Waals surface area contributed by atoms with E-state index < -0.39 is 5.92 Å². The number of hydrogen-bond acceptors (Lipinski definition) is 2. The van der Waals surface area contributed by atoms with Gasteiger partial charge < -0.3 is 10.1 Å². The van der Waals surface area contributed by atoms with Gasteiger partial charge in [-0.25, -0.2) is 0 Å². The van der Waals surface area contributed by atoms with Gasteiger partial charge in [0.2, 0.25) is 5.91 Å². The number of para-hydroxylation sites is 3. The van der Waals surface area contributed by atoms with Crippen molar-refractivity contribution in [2.75, 3.05) is 5.32 Å². The highest BCUT2D eigenvalue weighted by atomic mass is 16.5. The van der Waals surface area contributed by atoms with Gasteiger partial charge in [0, 0.05) is 16.8 Å². The minimum atomic E-state index is -0.392. The number of carbonyl (C=O) groups excluding carboxylic acids is 1. The summed E-state index contributed by atoms with van der Waals surface area (Å²) in [4.78, 5) is 13.4. The fourth-order valence-electron chi connectivity index (χ4n) is 3.66. The van der Waals surface area contributed by atoms with Crippen LogP contribution in [0, 0.1) is 0 Å². The van der Waals surface area contributed by atoms with Gasteiger partial charge in [-0.15, -0.1) is 0 Å². The van der Waals surface area contributed by atoms with Gasteiger partial charge in [-0.2, -0.15) is 0 Å². The molecule has 0 aromatic heterocycles. The molecule has 1 aliphatic rings. The van der Waals surface area contributed by atoms with Crippen molar-refractivity contribution in [3.63, 3.8) is 0 Å². The van der Waals surface area contributed by atoms with Gasteiger partial charge >= 0.3 is 0 Å². The minimum Gasteiger partial charge on any atom is -0.457 e. The van der Waals surface area contributed by atoms with Gasteiger partial charge in [-0.1, -0.05) is 68.4 Å². The molecule has 0 unspecified atom stereocenters. The quantitative estimate of drug-likeness (QED) is 0.615. The van der Waals surface area contributed by atoms with Crippen molar-refractivity contribution in [3.05, 3.63) is 89.5 Å². The van der Waals surface area contributed by atoms with E-state index in [1.165, 1.54) is 5.56 Å². The van der Waals surface area contributed by atoms with E-state index in [1.807, 2.05) is 66.7 Å². The second kappa shape index (κ2) is 7.28. The lowest BCUT2D eigenvalue weighted by molar-refractivity contribution is -0.116. The first-order valence-electron chi connectivity index (χ1n) is 9.44. The highest BCUT2D eigenvalue weighted by molar-refractivity contribution is 6.00. The Morgan fingerprint density at radius 1 is 0.926 bits per heavy atom. The first kappa shape index (κ1) is 17.3. The normalized spacial score (nSPS) is 13.9. The molecule has 3 aromatic carbocycles.